The second kappa shape index (κ2) is 9.91. The molecular weight excluding hydrogens is 413 g/mol. The van der Waals surface area contributed by atoms with Crippen LogP contribution in [0.1, 0.15) is 0 Å². The predicted octanol–water partition coefficient (Wildman–Crippen LogP) is 4.71. The van der Waals surface area contributed by atoms with E-state index in [9.17, 15) is 9.59 Å². The third kappa shape index (κ3) is 5.94. The molecule has 0 aliphatic rings. The van der Waals surface area contributed by atoms with Crippen molar-refractivity contribution < 1.29 is 14.3 Å². The molecule has 0 fully saturated rings. The van der Waals surface area contributed by atoms with E-state index in [1.165, 1.54) is 12.3 Å². The lowest BCUT2D eigenvalue weighted by Crippen LogP contribution is -2.29. The minimum Gasteiger partial charge on any atom is -0.454 e. The van der Waals surface area contributed by atoms with Gasteiger partial charge in [0.2, 0.25) is 0 Å². The number of rotatable bonds is 7. The monoisotopic (exact) mass is 429 g/mol. The van der Waals surface area contributed by atoms with E-state index in [1.807, 2.05) is 60.7 Å². The molecule has 0 atom stereocenters. The zero-order chi connectivity index (χ0) is 20.6. The van der Waals surface area contributed by atoms with Crippen LogP contribution < -0.4 is 10.2 Å². The first-order valence-electron chi connectivity index (χ1n) is 8.67. The Morgan fingerprint density at radius 3 is 2.10 bits per heavy atom. The highest BCUT2D eigenvalue weighted by Gasteiger charge is 2.16. The molecule has 148 valence electrons. The summed E-state index contributed by atoms with van der Waals surface area (Å²) >= 11 is 11.7. The molecule has 1 amide bonds. The lowest BCUT2D eigenvalue weighted by atomic mass is 10.2. The van der Waals surface area contributed by atoms with Gasteiger partial charge < -0.3 is 15.0 Å². The van der Waals surface area contributed by atoms with Gasteiger partial charge in [-0.1, -0.05) is 59.6 Å². The van der Waals surface area contributed by atoms with E-state index >= 15 is 0 Å². The minimum atomic E-state index is -0.555. The Morgan fingerprint density at radius 2 is 1.55 bits per heavy atom. The van der Waals surface area contributed by atoms with Gasteiger partial charge in [-0.15, -0.1) is 0 Å². The largest absolute Gasteiger partial charge is 0.454 e. The topological polar surface area (TPSA) is 71.5 Å². The average Bonchev–Trinajstić information content (AvgIpc) is 2.74. The molecule has 3 rings (SSSR count). The number of nitrogens with zero attached hydrogens (tertiary/aromatic N) is 2. The third-order valence-electron chi connectivity index (χ3n) is 3.85. The lowest BCUT2D eigenvalue weighted by Gasteiger charge is -2.24. The molecule has 0 aliphatic heterocycles. The molecule has 0 radical (unpaired) electrons. The number of halogens is 2. The van der Waals surface area contributed by atoms with E-state index in [0.29, 0.717) is 5.02 Å². The number of nitrogens with one attached hydrogen (secondary N) is 1. The summed E-state index contributed by atoms with van der Waals surface area (Å²) in [7, 11) is 0. The SMILES string of the molecule is O=C(COC(=O)CN(c1ccccc1)c1ccccc1)Nc1ncc(Cl)cc1Cl. The smallest absolute Gasteiger partial charge is 0.326 e. The van der Waals surface area contributed by atoms with Crippen LogP contribution in [0.2, 0.25) is 10.0 Å². The van der Waals surface area contributed by atoms with E-state index < -0.39 is 18.5 Å². The fraction of sp³-hybridized carbons (Fsp3) is 0.0952. The van der Waals surface area contributed by atoms with Gasteiger partial charge in [-0.2, -0.15) is 0 Å². The van der Waals surface area contributed by atoms with Crippen molar-refractivity contribution in [2.24, 2.45) is 0 Å². The molecule has 0 bridgehead atoms. The summed E-state index contributed by atoms with van der Waals surface area (Å²) in [6, 6.07) is 20.3. The highest BCUT2D eigenvalue weighted by atomic mass is 35.5. The molecule has 0 saturated heterocycles. The third-order valence-corrected chi connectivity index (χ3v) is 4.35. The first-order valence-corrected chi connectivity index (χ1v) is 9.42. The van der Waals surface area contributed by atoms with Crippen LogP contribution in [-0.4, -0.2) is 30.0 Å². The van der Waals surface area contributed by atoms with Crippen molar-refractivity contribution in [1.29, 1.82) is 0 Å². The van der Waals surface area contributed by atoms with Gasteiger partial charge in [0.25, 0.3) is 5.91 Å². The quantitative estimate of drug-likeness (QED) is 0.550. The van der Waals surface area contributed by atoms with Crippen LogP contribution >= 0.6 is 23.2 Å². The number of amides is 1. The van der Waals surface area contributed by atoms with Gasteiger partial charge in [0.15, 0.2) is 12.4 Å². The molecule has 8 heteroatoms. The molecule has 0 aliphatic carbocycles. The zero-order valence-corrected chi connectivity index (χ0v) is 16.7. The molecular formula is C21H17Cl2N3O3. The van der Waals surface area contributed by atoms with Crippen molar-refractivity contribution in [2.45, 2.75) is 0 Å². The fourth-order valence-corrected chi connectivity index (χ4v) is 2.97. The van der Waals surface area contributed by atoms with Gasteiger partial charge in [0.1, 0.15) is 6.54 Å². The Morgan fingerprint density at radius 1 is 0.966 bits per heavy atom. The van der Waals surface area contributed by atoms with Crippen molar-refractivity contribution in [2.75, 3.05) is 23.4 Å². The molecule has 6 nitrogen and oxygen atoms in total. The van der Waals surface area contributed by atoms with Gasteiger partial charge in [0, 0.05) is 17.6 Å². The molecule has 1 aromatic heterocycles. The summed E-state index contributed by atoms with van der Waals surface area (Å²) in [6.45, 7) is -0.516. The summed E-state index contributed by atoms with van der Waals surface area (Å²) in [5.41, 5.74) is 1.66. The number of pyridine rings is 1. The van der Waals surface area contributed by atoms with Crippen molar-refractivity contribution >= 4 is 52.3 Å². The molecule has 0 spiro atoms. The Hall–Kier alpha value is -3.09. The van der Waals surface area contributed by atoms with Crippen LogP contribution in [0.25, 0.3) is 0 Å². The van der Waals surface area contributed by atoms with E-state index in [0.717, 1.165) is 11.4 Å². The lowest BCUT2D eigenvalue weighted by molar-refractivity contribution is -0.145. The molecule has 1 N–H and O–H groups in total. The summed E-state index contributed by atoms with van der Waals surface area (Å²) < 4.78 is 5.12. The number of hydrogen-bond acceptors (Lipinski definition) is 5. The minimum absolute atomic E-state index is 0.0543. The van der Waals surface area contributed by atoms with Crippen LogP contribution in [0.5, 0.6) is 0 Å². The summed E-state index contributed by atoms with van der Waals surface area (Å²) in [6.07, 6.45) is 1.35. The van der Waals surface area contributed by atoms with E-state index in [2.05, 4.69) is 10.3 Å². The number of para-hydroxylation sites is 2. The maximum absolute atomic E-state index is 12.4. The molecule has 29 heavy (non-hydrogen) atoms. The second-order valence-electron chi connectivity index (χ2n) is 5.95. The molecule has 0 saturated carbocycles. The molecule has 2 aromatic carbocycles. The normalized spacial score (nSPS) is 10.3. The second-order valence-corrected chi connectivity index (χ2v) is 6.79. The Labute approximate surface area is 178 Å². The van der Waals surface area contributed by atoms with Gasteiger partial charge >= 0.3 is 5.97 Å². The standard InChI is InChI=1S/C21H17Cl2N3O3/c22-15-11-18(23)21(24-12-15)25-19(27)14-29-20(28)13-26(16-7-3-1-4-8-16)17-9-5-2-6-10-17/h1-12H,13-14H2,(H,24,25,27). The van der Waals surface area contributed by atoms with E-state index in [4.69, 9.17) is 27.9 Å². The van der Waals surface area contributed by atoms with Gasteiger partial charge in [0.05, 0.1) is 10.0 Å². The Kier molecular flexibility index (Phi) is 7.05. The molecule has 3 aromatic rings. The molecule has 0 unspecified atom stereocenters. The van der Waals surface area contributed by atoms with Crippen LogP contribution in [0.3, 0.4) is 0 Å². The number of hydrogen-bond donors (Lipinski definition) is 1. The number of aromatic nitrogens is 1. The predicted molar refractivity (Wildman–Crippen MR) is 114 cm³/mol. The maximum atomic E-state index is 12.4. The van der Waals surface area contributed by atoms with Gasteiger partial charge in [-0.25, -0.2) is 4.98 Å². The number of benzene rings is 2. The van der Waals surface area contributed by atoms with Crippen LogP contribution in [0.4, 0.5) is 17.2 Å². The van der Waals surface area contributed by atoms with E-state index in [-0.39, 0.29) is 17.4 Å². The number of carbonyl (C=O) groups excluding carboxylic acids is 2. The van der Waals surface area contributed by atoms with Crippen molar-refractivity contribution in [3.8, 4) is 0 Å². The van der Waals surface area contributed by atoms with Gasteiger partial charge in [-0.05, 0) is 30.3 Å². The number of carbonyl (C=O) groups is 2. The van der Waals surface area contributed by atoms with Crippen molar-refractivity contribution in [3.05, 3.63) is 83.0 Å². The van der Waals surface area contributed by atoms with Crippen molar-refractivity contribution in [3.63, 3.8) is 0 Å². The number of ether oxygens (including phenoxy) is 1. The zero-order valence-electron chi connectivity index (χ0n) is 15.2. The summed E-state index contributed by atoms with van der Waals surface area (Å²) in [5, 5.41) is 3.02. The number of anilines is 3. The average molecular weight is 430 g/mol. The summed E-state index contributed by atoms with van der Waals surface area (Å²) in [5.74, 6) is -0.962. The van der Waals surface area contributed by atoms with Crippen molar-refractivity contribution in [1.82, 2.24) is 4.98 Å². The Bertz CT molecular complexity index is 945. The molecule has 1 heterocycles. The first kappa shape index (κ1) is 20.6. The number of esters is 1. The van der Waals surface area contributed by atoms with Crippen LogP contribution in [0.15, 0.2) is 72.9 Å². The van der Waals surface area contributed by atoms with Crippen LogP contribution in [-0.2, 0) is 14.3 Å². The Balaban J connectivity index is 1.61. The van der Waals surface area contributed by atoms with Gasteiger partial charge in [-0.3, -0.25) is 9.59 Å². The summed E-state index contributed by atoms with van der Waals surface area (Å²) in [4.78, 5) is 30.1. The fourth-order valence-electron chi connectivity index (χ4n) is 2.54. The highest BCUT2D eigenvalue weighted by Crippen LogP contribution is 2.25. The first-order chi connectivity index (χ1) is 14.0. The van der Waals surface area contributed by atoms with Crippen LogP contribution in [0, 0.1) is 0 Å². The van der Waals surface area contributed by atoms with E-state index in [1.54, 1.807) is 4.90 Å². The highest BCUT2D eigenvalue weighted by molar-refractivity contribution is 6.36. The maximum Gasteiger partial charge on any atom is 0.326 e.